The first kappa shape index (κ1) is 17.8. The van der Waals surface area contributed by atoms with E-state index in [1.54, 1.807) is 12.1 Å². The highest BCUT2D eigenvalue weighted by atomic mass is 16.5. The predicted molar refractivity (Wildman–Crippen MR) is 87.4 cm³/mol. The van der Waals surface area contributed by atoms with Crippen LogP contribution in [0.5, 0.6) is 11.5 Å². The fourth-order valence-electron chi connectivity index (χ4n) is 1.85. The van der Waals surface area contributed by atoms with E-state index >= 15 is 0 Å². The molecule has 1 aromatic carbocycles. The van der Waals surface area contributed by atoms with Gasteiger partial charge < -0.3 is 14.6 Å². The number of carbonyl (C=O) groups excluding carboxylic acids is 1. The number of allylic oxidation sites excluding steroid dienone is 3. The molecule has 0 radical (unpaired) electrons. The summed E-state index contributed by atoms with van der Waals surface area (Å²) in [5.74, 6) is -0.212. The van der Waals surface area contributed by atoms with E-state index < -0.39 is 5.97 Å². The minimum absolute atomic E-state index is 0.0708. The van der Waals surface area contributed by atoms with Crippen LogP contribution in [0.3, 0.4) is 0 Å². The summed E-state index contributed by atoms with van der Waals surface area (Å²) in [4.78, 5) is 11.3. The summed E-state index contributed by atoms with van der Waals surface area (Å²) in [5, 5.41) is 9.84. The molecule has 4 nitrogen and oxygen atoms in total. The zero-order valence-electron chi connectivity index (χ0n) is 13.7. The summed E-state index contributed by atoms with van der Waals surface area (Å²) in [6, 6.07) is 4.47. The Kier molecular flexibility index (Phi) is 7.23. The molecule has 0 heterocycles. The lowest BCUT2D eigenvalue weighted by molar-refractivity contribution is 0.0600. The molecule has 0 saturated heterocycles. The summed E-state index contributed by atoms with van der Waals surface area (Å²) in [5.41, 5.74) is 2.85. The van der Waals surface area contributed by atoms with Crippen LogP contribution in [0.15, 0.2) is 41.5 Å². The van der Waals surface area contributed by atoms with Crippen LogP contribution in [0.4, 0.5) is 0 Å². The van der Waals surface area contributed by atoms with E-state index in [-0.39, 0.29) is 5.75 Å². The highest BCUT2D eigenvalue weighted by molar-refractivity contribution is 5.90. The number of esters is 1. The Balaban J connectivity index is 2.54. The topological polar surface area (TPSA) is 55.8 Å². The normalized spacial score (nSPS) is 11.0. The highest BCUT2D eigenvalue weighted by Gasteiger charge is 2.09. The first-order chi connectivity index (χ1) is 10.4. The summed E-state index contributed by atoms with van der Waals surface area (Å²) in [6.45, 7) is 6.61. The predicted octanol–water partition coefficient (Wildman–Crippen LogP) is 4.25. The fraction of sp³-hybridized carbons (Fsp3) is 0.389. The van der Waals surface area contributed by atoms with Crippen LogP contribution in [0.25, 0.3) is 0 Å². The Bertz CT molecular complexity index is 566. The zero-order valence-corrected chi connectivity index (χ0v) is 13.7. The van der Waals surface area contributed by atoms with Crippen molar-refractivity contribution in [2.45, 2.75) is 33.6 Å². The number of hydrogen-bond acceptors (Lipinski definition) is 4. The van der Waals surface area contributed by atoms with Crippen LogP contribution < -0.4 is 4.74 Å². The second-order valence-electron chi connectivity index (χ2n) is 5.36. The third-order valence-corrected chi connectivity index (χ3v) is 3.14. The molecule has 1 rings (SSSR count). The van der Waals surface area contributed by atoms with Gasteiger partial charge in [-0.1, -0.05) is 17.2 Å². The van der Waals surface area contributed by atoms with Gasteiger partial charge in [0.05, 0.1) is 12.7 Å². The molecule has 120 valence electrons. The van der Waals surface area contributed by atoms with E-state index in [4.69, 9.17) is 4.74 Å². The lowest BCUT2D eigenvalue weighted by Gasteiger charge is -2.08. The lowest BCUT2D eigenvalue weighted by atomic mass is 10.1. The maximum absolute atomic E-state index is 11.3. The summed E-state index contributed by atoms with van der Waals surface area (Å²) < 4.78 is 10.1. The SMILES string of the molecule is COC(=O)c1ccc(OC/C=C(\C)CCC=C(C)C)c(O)c1. The molecular weight excluding hydrogens is 280 g/mol. The van der Waals surface area contributed by atoms with Crippen molar-refractivity contribution in [3.63, 3.8) is 0 Å². The molecule has 1 N–H and O–H groups in total. The number of phenolic OH excluding ortho intramolecular Hbond substituents is 1. The van der Waals surface area contributed by atoms with Gasteiger partial charge in [-0.15, -0.1) is 0 Å². The van der Waals surface area contributed by atoms with Crippen LogP contribution in [-0.4, -0.2) is 24.8 Å². The third kappa shape index (κ3) is 6.04. The number of carbonyl (C=O) groups is 1. The first-order valence-electron chi connectivity index (χ1n) is 7.27. The molecule has 0 aromatic heterocycles. The van der Waals surface area contributed by atoms with E-state index in [0.717, 1.165) is 12.8 Å². The van der Waals surface area contributed by atoms with E-state index in [9.17, 15) is 9.90 Å². The Labute approximate surface area is 132 Å². The van der Waals surface area contributed by atoms with Crippen molar-refractivity contribution in [3.8, 4) is 11.5 Å². The second-order valence-corrected chi connectivity index (χ2v) is 5.36. The number of rotatable bonds is 7. The van der Waals surface area contributed by atoms with E-state index in [1.807, 2.05) is 6.08 Å². The number of benzene rings is 1. The van der Waals surface area contributed by atoms with Crippen molar-refractivity contribution >= 4 is 5.97 Å². The monoisotopic (exact) mass is 304 g/mol. The van der Waals surface area contributed by atoms with Crippen LogP contribution in [0.1, 0.15) is 44.0 Å². The molecule has 0 spiro atoms. The van der Waals surface area contributed by atoms with E-state index in [2.05, 4.69) is 31.6 Å². The van der Waals surface area contributed by atoms with Crippen molar-refractivity contribution in [1.82, 2.24) is 0 Å². The molecule has 0 aliphatic heterocycles. The van der Waals surface area contributed by atoms with E-state index in [1.165, 1.54) is 24.3 Å². The van der Waals surface area contributed by atoms with Gasteiger partial charge in [-0.05, 0) is 57.9 Å². The molecule has 1 aromatic rings. The van der Waals surface area contributed by atoms with Crippen molar-refractivity contribution in [2.24, 2.45) is 0 Å². The molecule has 0 saturated carbocycles. The smallest absolute Gasteiger partial charge is 0.337 e. The van der Waals surface area contributed by atoms with Crippen LogP contribution in [0.2, 0.25) is 0 Å². The second kappa shape index (κ2) is 8.93. The summed E-state index contributed by atoms with van der Waals surface area (Å²) in [6.07, 6.45) is 6.20. The van der Waals surface area contributed by atoms with Gasteiger partial charge in [-0.25, -0.2) is 4.79 Å². The molecule has 0 fully saturated rings. The van der Waals surface area contributed by atoms with Crippen LogP contribution in [-0.2, 0) is 4.74 Å². The van der Waals surface area contributed by atoms with Gasteiger partial charge in [0, 0.05) is 0 Å². The molecular formula is C18H24O4. The first-order valence-corrected chi connectivity index (χ1v) is 7.27. The Morgan fingerprint density at radius 1 is 1.23 bits per heavy atom. The van der Waals surface area contributed by atoms with Gasteiger partial charge in [0.2, 0.25) is 0 Å². The molecule has 22 heavy (non-hydrogen) atoms. The molecule has 0 aliphatic rings. The Morgan fingerprint density at radius 2 is 1.95 bits per heavy atom. The Hall–Kier alpha value is -2.23. The lowest BCUT2D eigenvalue weighted by Crippen LogP contribution is -2.01. The minimum atomic E-state index is -0.489. The van der Waals surface area contributed by atoms with Crippen molar-refractivity contribution < 1.29 is 19.4 Å². The molecule has 0 bridgehead atoms. The van der Waals surface area contributed by atoms with Gasteiger partial charge in [0.1, 0.15) is 6.61 Å². The van der Waals surface area contributed by atoms with Gasteiger partial charge in [0.15, 0.2) is 11.5 Å². The maximum atomic E-state index is 11.3. The largest absolute Gasteiger partial charge is 0.504 e. The van der Waals surface area contributed by atoms with Crippen LogP contribution in [0, 0.1) is 0 Å². The fourth-order valence-corrected chi connectivity index (χ4v) is 1.85. The molecule has 0 unspecified atom stereocenters. The summed E-state index contributed by atoms with van der Waals surface area (Å²) in [7, 11) is 1.30. The van der Waals surface area contributed by atoms with Crippen molar-refractivity contribution in [1.29, 1.82) is 0 Å². The summed E-state index contributed by atoms with van der Waals surface area (Å²) >= 11 is 0. The number of methoxy groups -OCH3 is 1. The van der Waals surface area contributed by atoms with Gasteiger partial charge in [0.25, 0.3) is 0 Å². The third-order valence-electron chi connectivity index (χ3n) is 3.14. The average molecular weight is 304 g/mol. The van der Waals surface area contributed by atoms with E-state index in [0.29, 0.717) is 17.9 Å². The van der Waals surface area contributed by atoms with Gasteiger partial charge in [-0.2, -0.15) is 0 Å². The molecule has 0 atom stereocenters. The average Bonchev–Trinajstić information content (AvgIpc) is 2.47. The Morgan fingerprint density at radius 3 is 2.55 bits per heavy atom. The number of aromatic hydroxyl groups is 1. The van der Waals surface area contributed by atoms with Crippen LogP contribution >= 0.6 is 0 Å². The standard InChI is InChI=1S/C18H24O4/c1-13(2)6-5-7-14(3)10-11-22-17-9-8-15(12-16(17)19)18(20)21-4/h6,8-10,12,19H,5,7,11H2,1-4H3/b14-10+. The number of hydrogen-bond donors (Lipinski definition) is 1. The quantitative estimate of drug-likeness (QED) is 0.604. The zero-order chi connectivity index (χ0) is 16.5. The highest BCUT2D eigenvalue weighted by Crippen LogP contribution is 2.27. The molecule has 0 amide bonds. The molecule has 0 aliphatic carbocycles. The van der Waals surface area contributed by atoms with Crippen molar-refractivity contribution in [3.05, 3.63) is 47.1 Å². The number of ether oxygens (including phenoxy) is 2. The maximum Gasteiger partial charge on any atom is 0.337 e. The van der Waals surface area contributed by atoms with Gasteiger partial charge >= 0.3 is 5.97 Å². The number of phenols is 1. The van der Waals surface area contributed by atoms with Gasteiger partial charge in [-0.3, -0.25) is 0 Å². The van der Waals surface area contributed by atoms with Crippen molar-refractivity contribution in [2.75, 3.05) is 13.7 Å². The minimum Gasteiger partial charge on any atom is -0.504 e. The molecule has 4 heteroatoms.